The van der Waals surface area contributed by atoms with Gasteiger partial charge in [-0.25, -0.2) is 4.98 Å². The van der Waals surface area contributed by atoms with E-state index in [2.05, 4.69) is 19.7 Å². The van der Waals surface area contributed by atoms with Crippen LogP contribution in [0, 0.1) is 0 Å². The number of pyridine rings is 1. The lowest BCUT2D eigenvalue weighted by Crippen LogP contribution is -2.13. The molecule has 2 rings (SSSR count). The van der Waals surface area contributed by atoms with Crippen molar-refractivity contribution in [1.29, 1.82) is 0 Å². The Hall–Kier alpha value is -0.890. The maximum atomic E-state index is 11.9. The third-order valence-corrected chi connectivity index (χ3v) is 3.90. The highest BCUT2D eigenvalue weighted by Crippen LogP contribution is 2.20. The van der Waals surface area contributed by atoms with Crippen LogP contribution < -0.4 is 5.32 Å². The fourth-order valence-corrected chi connectivity index (χ4v) is 2.54. The number of thioether (sulfide) groups is 1. The third kappa shape index (κ3) is 3.32. The van der Waals surface area contributed by atoms with Gasteiger partial charge in [-0.05, 0) is 29.9 Å². The largest absolute Gasteiger partial charge is 0.290 e. The number of nitrogens with one attached hydrogen (secondary N) is 1. The van der Waals surface area contributed by atoms with Crippen molar-refractivity contribution in [3.05, 3.63) is 28.0 Å². The Morgan fingerprint density at radius 2 is 2.00 bits per heavy atom. The van der Waals surface area contributed by atoms with Crippen LogP contribution in [0.25, 0.3) is 0 Å². The van der Waals surface area contributed by atoms with Crippen molar-refractivity contribution in [2.24, 2.45) is 0 Å². The monoisotopic (exact) mass is 320 g/mol. The first-order valence-corrected chi connectivity index (χ1v) is 7.36. The van der Waals surface area contributed by atoms with Gasteiger partial charge in [-0.3, -0.25) is 10.1 Å². The lowest BCUT2D eigenvalue weighted by molar-refractivity contribution is 0.102. The van der Waals surface area contributed by atoms with Crippen LogP contribution in [-0.4, -0.2) is 26.5 Å². The number of carbonyl (C=O) groups excluding carboxylic acids is 1. The van der Waals surface area contributed by atoms with Gasteiger partial charge < -0.3 is 0 Å². The highest BCUT2D eigenvalue weighted by Gasteiger charge is 2.11. The minimum Gasteiger partial charge on any atom is -0.290 e. The van der Waals surface area contributed by atoms with Crippen LogP contribution in [0.4, 0.5) is 5.95 Å². The van der Waals surface area contributed by atoms with Gasteiger partial charge in [-0.15, -0.1) is 0 Å². The number of hydrogen-bond donors (Lipinski definition) is 1. The molecular weight excluding hydrogens is 315 g/mol. The van der Waals surface area contributed by atoms with Crippen molar-refractivity contribution in [3.63, 3.8) is 0 Å². The van der Waals surface area contributed by atoms with E-state index < -0.39 is 0 Å². The first kappa shape index (κ1) is 13.5. The van der Waals surface area contributed by atoms with Gasteiger partial charge in [0.05, 0.1) is 0 Å². The topological polar surface area (TPSA) is 67.8 Å². The molecule has 2 heterocycles. The zero-order valence-electron chi connectivity index (χ0n) is 8.98. The summed E-state index contributed by atoms with van der Waals surface area (Å²) < 4.78 is 4.77. The SMILES string of the molecule is CSc1nc(NC(=O)c2cc(Cl)nc(Cl)c2)ns1. The second-order valence-electron chi connectivity index (χ2n) is 3.04. The molecule has 0 aromatic carbocycles. The standard InChI is InChI=1S/C9H6Cl2N4OS2/c1-17-9-14-8(15-18-9)13-7(16)4-2-5(10)12-6(11)3-4/h2-3H,1H3,(H,13,15,16). The summed E-state index contributed by atoms with van der Waals surface area (Å²) in [7, 11) is 0. The van der Waals surface area contributed by atoms with Crippen LogP contribution >= 0.6 is 46.5 Å². The van der Waals surface area contributed by atoms with Crippen LogP contribution in [0.15, 0.2) is 16.5 Å². The number of amides is 1. The molecular formula is C9H6Cl2N4OS2. The van der Waals surface area contributed by atoms with Crippen molar-refractivity contribution >= 4 is 58.4 Å². The van der Waals surface area contributed by atoms with E-state index in [-0.39, 0.29) is 22.2 Å². The molecule has 0 bridgehead atoms. The molecule has 2 aromatic heterocycles. The molecule has 0 unspecified atom stereocenters. The van der Waals surface area contributed by atoms with E-state index in [9.17, 15) is 4.79 Å². The molecule has 94 valence electrons. The van der Waals surface area contributed by atoms with Crippen molar-refractivity contribution in [2.45, 2.75) is 4.34 Å². The Morgan fingerprint density at radius 3 is 2.56 bits per heavy atom. The Balaban J connectivity index is 2.16. The van der Waals surface area contributed by atoms with E-state index in [1.807, 2.05) is 6.26 Å². The van der Waals surface area contributed by atoms with Crippen LogP contribution in [0.1, 0.15) is 10.4 Å². The van der Waals surface area contributed by atoms with Crippen molar-refractivity contribution in [2.75, 3.05) is 11.6 Å². The van der Waals surface area contributed by atoms with Gasteiger partial charge in [0.15, 0.2) is 4.34 Å². The molecule has 0 aliphatic carbocycles. The van der Waals surface area contributed by atoms with E-state index >= 15 is 0 Å². The van der Waals surface area contributed by atoms with E-state index in [0.717, 1.165) is 4.34 Å². The number of rotatable bonds is 3. The van der Waals surface area contributed by atoms with Crippen LogP contribution in [-0.2, 0) is 0 Å². The molecule has 0 saturated heterocycles. The molecule has 5 nitrogen and oxygen atoms in total. The fourth-order valence-electron chi connectivity index (χ4n) is 1.11. The zero-order valence-corrected chi connectivity index (χ0v) is 12.1. The van der Waals surface area contributed by atoms with E-state index in [4.69, 9.17) is 23.2 Å². The molecule has 1 amide bonds. The molecule has 1 N–H and O–H groups in total. The van der Waals surface area contributed by atoms with Gasteiger partial charge in [0.2, 0.25) is 5.95 Å². The van der Waals surface area contributed by atoms with Crippen molar-refractivity contribution in [1.82, 2.24) is 14.3 Å². The minimum atomic E-state index is -0.383. The molecule has 9 heteroatoms. The Labute approximate surface area is 121 Å². The number of halogens is 2. The van der Waals surface area contributed by atoms with Crippen molar-refractivity contribution < 1.29 is 4.79 Å². The summed E-state index contributed by atoms with van der Waals surface area (Å²) in [4.78, 5) is 19.7. The maximum Gasteiger partial charge on any atom is 0.258 e. The van der Waals surface area contributed by atoms with Gasteiger partial charge in [-0.2, -0.15) is 9.36 Å². The summed E-state index contributed by atoms with van der Waals surface area (Å²) in [6.45, 7) is 0. The van der Waals surface area contributed by atoms with E-state index in [1.165, 1.54) is 35.4 Å². The zero-order chi connectivity index (χ0) is 13.1. The predicted molar refractivity (Wildman–Crippen MR) is 73.9 cm³/mol. The lowest BCUT2D eigenvalue weighted by atomic mass is 10.2. The highest BCUT2D eigenvalue weighted by atomic mass is 35.5. The number of anilines is 1. The summed E-state index contributed by atoms with van der Waals surface area (Å²) in [5.41, 5.74) is 0.306. The molecule has 0 aliphatic heterocycles. The Kier molecular flexibility index (Phi) is 4.39. The minimum absolute atomic E-state index is 0.156. The molecule has 0 spiro atoms. The summed E-state index contributed by atoms with van der Waals surface area (Å²) in [6.07, 6.45) is 1.88. The van der Waals surface area contributed by atoms with Crippen LogP contribution in [0.3, 0.4) is 0 Å². The normalized spacial score (nSPS) is 10.4. The number of nitrogens with zero attached hydrogens (tertiary/aromatic N) is 3. The molecule has 0 radical (unpaired) electrons. The van der Waals surface area contributed by atoms with Crippen molar-refractivity contribution in [3.8, 4) is 0 Å². The summed E-state index contributed by atoms with van der Waals surface area (Å²) >= 11 is 14.1. The van der Waals surface area contributed by atoms with Gasteiger partial charge in [0.25, 0.3) is 5.91 Å². The van der Waals surface area contributed by atoms with Gasteiger partial charge >= 0.3 is 0 Å². The predicted octanol–water partition coefficient (Wildman–Crippen LogP) is 3.21. The first-order chi connectivity index (χ1) is 8.58. The number of aromatic nitrogens is 3. The van der Waals surface area contributed by atoms with E-state index in [1.54, 1.807) is 0 Å². The second-order valence-corrected chi connectivity index (χ2v) is 5.62. The second kappa shape index (κ2) is 5.83. The van der Waals surface area contributed by atoms with Gasteiger partial charge in [-0.1, -0.05) is 35.0 Å². The van der Waals surface area contributed by atoms with Gasteiger partial charge in [0.1, 0.15) is 10.3 Å². The Morgan fingerprint density at radius 1 is 1.33 bits per heavy atom. The third-order valence-electron chi connectivity index (χ3n) is 1.83. The van der Waals surface area contributed by atoms with Crippen LogP contribution in [0.5, 0.6) is 0 Å². The number of hydrogen-bond acceptors (Lipinski definition) is 6. The Bertz CT molecular complexity index is 569. The summed E-state index contributed by atoms with van der Waals surface area (Å²) in [6, 6.07) is 2.84. The summed E-state index contributed by atoms with van der Waals surface area (Å²) in [5, 5.41) is 2.87. The molecule has 0 saturated carbocycles. The molecule has 0 fully saturated rings. The molecule has 2 aromatic rings. The average Bonchev–Trinajstić information content (AvgIpc) is 2.75. The number of carbonyl (C=O) groups is 1. The maximum absolute atomic E-state index is 11.9. The molecule has 0 aliphatic rings. The van der Waals surface area contributed by atoms with Crippen LogP contribution in [0.2, 0.25) is 10.3 Å². The quantitative estimate of drug-likeness (QED) is 0.694. The average molecular weight is 321 g/mol. The molecule has 18 heavy (non-hydrogen) atoms. The lowest BCUT2D eigenvalue weighted by Gasteiger charge is -2.01. The molecule has 0 atom stereocenters. The van der Waals surface area contributed by atoms with Gasteiger partial charge in [0, 0.05) is 5.56 Å². The first-order valence-electron chi connectivity index (χ1n) is 4.60. The van der Waals surface area contributed by atoms with E-state index in [0.29, 0.717) is 5.56 Å². The summed E-state index contributed by atoms with van der Waals surface area (Å²) in [5.74, 6) is -0.120. The fraction of sp³-hybridized carbons (Fsp3) is 0.111. The highest BCUT2D eigenvalue weighted by molar-refractivity contribution is 8.00. The smallest absolute Gasteiger partial charge is 0.258 e.